The summed E-state index contributed by atoms with van der Waals surface area (Å²) < 4.78 is 26.8. The highest BCUT2D eigenvalue weighted by molar-refractivity contribution is 5.47. The van der Waals surface area contributed by atoms with E-state index in [1.54, 1.807) is 0 Å². The Labute approximate surface area is 107 Å². The molecule has 0 spiro atoms. The second-order valence-corrected chi connectivity index (χ2v) is 4.64. The van der Waals surface area contributed by atoms with Crippen LogP contribution in [0.15, 0.2) is 6.07 Å². The number of hydrogen-bond donors (Lipinski definition) is 2. The van der Waals surface area contributed by atoms with Gasteiger partial charge in [-0.05, 0) is 25.7 Å². The molecule has 3 nitrogen and oxygen atoms in total. The summed E-state index contributed by atoms with van der Waals surface area (Å²) >= 11 is 0. The Hall–Kier alpha value is -1.39. The molecule has 102 valence electrons. The maximum Gasteiger partial charge on any atom is 0.168 e. The normalized spacial score (nSPS) is 10.8. The van der Waals surface area contributed by atoms with Crippen LogP contribution in [0.3, 0.4) is 0 Å². The van der Waals surface area contributed by atoms with Crippen molar-refractivity contribution in [2.75, 3.05) is 23.7 Å². The summed E-state index contributed by atoms with van der Waals surface area (Å²) in [6, 6.07) is 0.857. The quantitative estimate of drug-likeness (QED) is 0.732. The zero-order chi connectivity index (χ0) is 13.5. The van der Waals surface area contributed by atoms with E-state index in [0.717, 1.165) is 18.9 Å². The predicted molar refractivity (Wildman–Crippen MR) is 70.9 cm³/mol. The maximum atomic E-state index is 13.5. The van der Waals surface area contributed by atoms with Crippen molar-refractivity contribution in [2.24, 2.45) is 5.92 Å². The topological polar surface area (TPSA) is 37.0 Å². The van der Waals surface area contributed by atoms with Gasteiger partial charge in [-0.25, -0.2) is 13.8 Å². The highest BCUT2D eigenvalue weighted by Crippen LogP contribution is 2.19. The number of hydrogen-bond acceptors (Lipinski definition) is 3. The van der Waals surface area contributed by atoms with Crippen LogP contribution in [0.5, 0.6) is 0 Å². The molecular formula is C13H21F2N3. The van der Waals surface area contributed by atoms with Gasteiger partial charge in [0.1, 0.15) is 0 Å². The van der Waals surface area contributed by atoms with Crippen molar-refractivity contribution in [3.8, 4) is 0 Å². The van der Waals surface area contributed by atoms with Crippen LogP contribution in [0.25, 0.3) is 0 Å². The molecule has 0 saturated carbocycles. The largest absolute Gasteiger partial charge is 0.368 e. The van der Waals surface area contributed by atoms with Gasteiger partial charge >= 0.3 is 0 Å². The van der Waals surface area contributed by atoms with E-state index in [0.29, 0.717) is 19.0 Å². The van der Waals surface area contributed by atoms with Crippen molar-refractivity contribution < 1.29 is 8.78 Å². The second kappa shape index (κ2) is 7.13. The standard InChI is InChI=1S/C13H21F2N3/c1-4-16-12-10(14)8-11(15)13(18-12)17-7-5-6-9(2)3/h8-9H,4-7H2,1-3H3,(H2,16,17,18). The molecule has 1 heterocycles. The van der Waals surface area contributed by atoms with Crippen molar-refractivity contribution >= 4 is 11.6 Å². The number of nitrogens with one attached hydrogen (secondary N) is 2. The molecule has 1 rings (SSSR count). The number of nitrogens with zero attached hydrogens (tertiary/aromatic N) is 1. The molecule has 0 aliphatic heterocycles. The summed E-state index contributed by atoms with van der Waals surface area (Å²) in [5.41, 5.74) is 0. The average Bonchev–Trinajstić information content (AvgIpc) is 2.29. The molecule has 1 aromatic rings. The molecular weight excluding hydrogens is 236 g/mol. The lowest BCUT2D eigenvalue weighted by atomic mass is 10.1. The summed E-state index contributed by atoms with van der Waals surface area (Å²) in [5.74, 6) is -0.503. The predicted octanol–water partition coefficient (Wildman–Crippen LogP) is 3.64. The van der Waals surface area contributed by atoms with Crippen LogP contribution in [0.4, 0.5) is 20.4 Å². The minimum Gasteiger partial charge on any atom is -0.368 e. The second-order valence-electron chi connectivity index (χ2n) is 4.64. The van der Waals surface area contributed by atoms with E-state index in [9.17, 15) is 8.78 Å². The SMILES string of the molecule is CCNc1nc(NCCCC(C)C)c(F)cc1F. The Balaban J connectivity index is 2.61. The fourth-order valence-electron chi connectivity index (χ4n) is 1.60. The van der Waals surface area contributed by atoms with Gasteiger partial charge in [0.25, 0.3) is 0 Å². The zero-order valence-electron chi connectivity index (χ0n) is 11.2. The summed E-state index contributed by atoms with van der Waals surface area (Å²) in [6.45, 7) is 7.29. The summed E-state index contributed by atoms with van der Waals surface area (Å²) in [4.78, 5) is 3.91. The number of pyridine rings is 1. The molecule has 0 amide bonds. The lowest BCUT2D eigenvalue weighted by molar-refractivity contribution is 0.561. The van der Waals surface area contributed by atoms with E-state index in [-0.39, 0.29) is 11.6 Å². The Kier molecular flexibility index (Phi) is 5.82. The van der Waals surface area contributed by atoms with Crippen LogP contribution in [-0.2, 0) is 0 Å². The number of anilines is 2. The van der Waals surface area contributed by atoms with Crippen molar-refractivity contribution in [1.29, 1.82) is 0 Å². The molecule has 2 N–H and O–H groups in total. The van der Waals surface area contributed by atoms with Crippen molar-refractivity contribution in [2.45, 2.75) is 33.6 Å². The maximum absolute atomic E-state index is 13.5. The van der Waals surface area contributed by atoms with Crippen molar-refractivity contribution in [1.82, 2.24) is 4.98 Å². The first-order valence-corrected chi connectivity index (χ1v) is 6.38. The molecule has 0 aliphatic rings. The van der Waals surface area contributed by atoms with Crippen molar-refractivity contribution in [3.63, 3.8) is 0 Å². The Bertz CT molecular complexity index is 381. The summed E-state index contributed by atoms with van der Waals surface area (Å²) in [5, 5.41) is 5.66. The van der Waals surface area contributed by atoms with E-state index in [1.807, 2.05) is 6.92 Å². The van der Waals surface area contributed by atoms with E-state index >= 15 is 0 Å². The first-order valence-electron chi connectivity index (χ1n) is 6.38. The van der Waals surface area contributed by atoms with Gasteiger partial charge in [-0.15, -0.1) is 0 Å². The molecule has 0 fully saturated rings. The highest BCUT2D eigenvalue weighted by atomic mass is 19.1. The van der Waals surface area contributed by atoms with E-state index in [1.165, 1.54) is 0 Å². The molecule has 0 bridgehead atoms. The Morgan fingerprint density at radius 3 is 2.33 bits per heavy atom. The third kappa shape index (κ3) is 4.47. The van der Waals surface area contributed by atoms with Crippen LogP contribution in [0.2, 0.25) is 0 Å². The molecule has 0 aromatic carbocycles. The van der Waals surface area contributed by atoms with Gasteiger partial charge in [0.05, 0.1) is 0 Å². The van der Waals surface area contributed by atoms with Gasteiger partial charge in [-0.1, -0.05) is 13.8 Å². The molecule has 0 radical (unpaired) electrons. The fourth-order valence-corrected chi connectivity index (χ4v) is 1.60. The van der Waals surface area contributed by atoms with E-state index < -0.39 is 11.6 Å². The minimum absolute atomic E-state index is 0.0882. The van der Waals surface area contributed by atoms with E-state index in [2.05, 4.69) is 29.5 Å². The summed E-state index contributed by atoms with van der Waals surface area (Å²) in [7, 11) is 0. The molecule has 0 unspecified atom stereocenters. The Morgan fingerprint density at radius 2 is 1.78 bits per heavy atom. The lowest BCUT2D eigenvalue weighted by Gasteiger charge is -2.10. The van der Waals surface area contributed by atoms with Crippen LogP contribution in [-0.4, -0.2) is 18.1 Å². The number of aromatic nitrogens is 1. The molecule has 18 heavy (non-hydrogen) atoms. The zero-order valence-corrected chi connectivity index (χ0v) is 11.2. The lowest BCUT2D eigenvalue weighted by Crippen LogP contribution is -2.10. The monoisotopic (exact) mass is 257 g/mol. The third-order valence-corrected chi connectivity index (χ3v) is 2.52. The van der Waals surface area contributed by atoms with Crippen LogP contribution in [0, 0.1) is 17.6 Å². The van der Waals surface area contributed by atoms with Crippen molar-refractivity contribution in [3.05, 3.63) is 17.7 Å². The smallest absolute Gasteiger partial charge is 0.168 e. The molecule has 0 aliphatic carbocycles. The fraction of sp³-hybridized carbons (Fsp3) is 0.615. The van der Waals surface area contributed by atoms with Gasteiger partial charge in [-0.3, -0.25) is 0 Å². The first-order chi connectivity index (χ1) is 8.54. The number of halogens is 2. The minimum atomic E-state index is -0.665. The first kappa shape index (κ1) is 14.7. The van der Waals surface area contributed by atoms with Gasteiger partial charge in [0, 0.05) is 19.2 Å². The van der Waals surface area contributed by atoms with Gasteiger partial charge < -0.3 is 10.6 Å². The third-order valence-electron chi connectivity index (χ3n) is 2.52. The van der Waals surface area contributed by atoms with Crippen LogP contribution < -0.4 is 10.6 Å². The highest BCUT2D eigenvalue weighted by Gasteiger charge is 2.10. The number of rotatable bonds is 7. The van der Waals surface area contributed by atoms with Gasteiger partial charge in [0.15, 0.2) is 23.3 Å². The molecule has 0 atom stereocenters. The van der Waals surface area contributed by atoms with E-state index in [4.69, 9.17) is 0 Å². The molecule has 0 saturated heterocycles. The average molecular weight is 257 g/mol. The van der Waals surface area contributed by atoms with Gasteiger partial charge in [0.2, 0.25) is 0 Å². The van der Waals surface area contributed by atoms with Gasteiger partial charge in [-0.2, -0.15) is 0 Å². The van der Waals surface area contributed by atoms with Crippen LogP contribution in [0.1, 0.15) is 33.6 Å². The molecule has 5 heteroatoms. The molecule has 1 aromatic heterocycles. The summed E-state index contributed by atoms with van der Waals surface area (Å²) in [6.07, 6.45) is 2.00. The van der Waals surface area contributed by atoms with Crippen LogP contribution >= 0.6 is 0 Å². The Morgan fingerprint density at radius 1 is 1.17 bits per heavy atom.